The summed E-state index contributed by atoms with van der Waals surface area (Å²) in [6.07, 6.45) is 1.82. The highest BCUT2D eigenvalue weighted by Crippen LogP contribution is 2.39. The summed E-state index contributed by atoms with van der Waals surface area (Å²) in [6.45, 7) is 7.60. The van der Waals surface area contributed by atoms with Crippen molar-refractivity contribution in [1.29, 1.82) is 0 Å². The molecule has 1 aromatic heterocycles. The number of aryl methyl sites for hydroxylation is 1. The number of likely N-dealkylation sites (tertiary alicyclic amines) is 1. The van der Waals surface area contributed by atoms with Crippen LogP contribution in [0.4, 0.5) is 0 Å². The van der Waals surface area contributed by atoms with Crippen LogP contribution >= 0.6 is 7.82 Å². The first-order valence-electron chi connectivity index (χ1n) is 18.1. The number of phosphoric ester groups is 1. The fraction of sp³-hybridized carbons (Fsp3) is 0.735. The van der Waals surface area contributed by atoms with Gasteiger partial charge in [0.1, 0.15) is 12.1 Å². The lowest BCUT2D eigenvalue weighted by Crippen LogP contribution is -2.52. The minimum Gasteiger partial charge on any atom is -0.394 e. The molecule has 1 saturated heterocycles. The Morgan fingerprint density at radius 1 is 1.04 bits per heavy atom. The van der Waals surface area contributed by atoms with Crippen molar-refractivity contribution in [2.45, 2.75) is 103 Å². The summed E-state index contributed by atoms with van der Waals surface area (Å²) in [6, 6.07) is -3.37. The predicted octanol–water partition coefficient (Wildman–Crippen LogP) is -0.368. The van der Waals surface area contributed by atoms with Crippen molar-refractivity contribution in [2.75, 3.05) is 40.1 Å². The average Bonchev–Trinajstić information content (AvgIpc) is 3.77. The minimum absolute atomic E-state index is 0.00543. The monoisotopic (exact) mass is 788 g/mol. The number of aromatic nitrogens is 2. The van der Waals surface area contributed by atoms with Gasteiger partial charge in [-0.1, -0.05) is 13.8 Å². The second-order valence-corrected chi connectivity index (χ2v) is 14.9. The first kappa shape index (κ1) is 46.6. The van der Waals surface area contributed by atoms with Crippen LogP contribution in [0.15, 0.2) is 12.5 Å². The van der Waals surface area contributed by atoms with Gasteiger partial charge in [-0.15, -0.1) is 0 Å². The number of methoxy groups -OCH3 is 1. The Morgan fingerprint density at radius 3 is 2.31 bits per heavy atom. The fourth-order valence-electron chi connectivity index (χ4n) is 6.26. The van der Waals surface area contributed by atoms with Gasteiger partial charge in [-0.2, -0.15) is 0 Å². The number of Topliss-reactive ketones (excluding diaryl/α,β-unsaturated/α-hetero) is 2. The van der Waals surface area contributed by atoms with Crippen molar-refractivity contribution in [3.05, 3.63) is 18.2 Å². The van der Waals surface area contributed by atoms with E-state index in [0.29, 0.717) is 44.8 Å². The van der Waals surface area contributed by atoms with E-state index in [0.717, 1.165) is 6.92 Å². The van der Waals surface area contributed by atoms with Crippen LogP contribution in [0.2, 0.25) is 0 Å². The zero-order chi connectivity index (χ0) is 40.6. The number of aliphatic hydroxyl groups excluding tert-OH is 1. The molecule has 1 fully saturated rings. The van der Waals surface area contributed by atoms with E-state index in [1.807, 2.05) is 20.8 Å². The van der Waals surface area contributed by atoms with Gasteiger partial charge in [-0.3, -0.25) is 33.3 Å². The number of nitrogens with two attached hydrogens (primary N) is 1. The Hall–Kier alpha value is -3.58. The van der Waals surface area contributed by atoms with E-state index >= 15 is 0 Å². The molecule has 0 unspecified atom stereocenters. The van der Waals surface area contributed by atoms with E-state index in [1.165, 1.54) is 18.2 Å². The minimum atomic E-state index is -5.05. The van der Waals surface area contributed by atoms with Gasteiger partial charge >= 0.3 is 7.82 Å². The van der Waals surface area contributed by atoms with Crippen LogP contribution in [0, 0.1) is 17.8 Å². The molecule has 1 aliphatic heterocycles. The fourth-order valence-corrected chi connectivity index (χ4v) is 6.84. The van der Waals surface area contributed by atoms with Crippen LogP contribution in [0.5, 0.6) is 0 Å². The Morgan fingerprint density at radius 2 is 1.72 bits per heavy atom. The van der Waals surface area contributed by atoms with Crippen molar-refractivity contribution in [1.82, 2.24) is 25.1 Å². The van der Waals surface area contributed by atoms with Crippen molar-refractivity contribution in [3.8, 4) is 0 Å². The molecule has 2 rings (SSSR count). The van der Waals surface area contributed by atoms with Crippen molar-refractivity contribution < 1.29 is 62.2 Å². The molecular formula is C34H57N6O13P. The first-order valence-corrected chi connectivity index (χ1v) is 19.6. The second-order valence-electron chi connectivity index (χ2n) is 13.8. The second kappa shape index (κ2) is 22.7. The number of imidazole rings is 1. The third-order valence-corrected chi connectivity index (χ3v) is 9.74. The first-order chi connectivity index (χ1) is 25.4. The van der Waals surface area contributed by atoms with Crippen molar-refractivity contribution >= 4 is 43.0 Å². The van der Waals surface area contributed by atoms with Gasteiger partial charge in [0.2, 0.25) is 23.6 Å². The Balaban J connectivity index is 2.27. The summed E-state index contributed by atoms with van der Waals surface area (Å²) < 4.78 is 28.0. The van der Waals surface area contributed by atoms with E-state index in [1.54, 1.807) is 10.9 Å². The number of carbonyl (C=O) groups excluding carboxylic acids is 6. The molecule has 0 bridgehead atoms. The van der Waals surface area contributed by atoms with Gasteiger partial charge in [0.15, 0.2) is 11.6 Å². The smallest absolute Gasteiger partial charge is 0.394 e. The van der Waals surface area contributed by atoms with Crippen LogP contribution in [0.3, 0.4) is 0 Å². The van der Waals surface area contributed by atoms with Gasteiger partial charge in [0.05, 0.1) is 63.2 Å². The summed E-state index contributed by atoms with van der Waals surface area (Å²) >= 11 is 0. The molecule has 20 heteroatoms. The number of carbonyl (C=O) groups is 6. The van der Waals surface area contributed by atoms with Gasteiger partial charge < -0.3 is 50.2 Å². The maximum Gasteiger partial charge on any atom is 0.469 e. The summed E-state index contributed by atoms with van der Waals surface area (Å²) in [5.74, 6) is -6.63. The average molecular weight is 789 g/mol. The quantitative estimate of drug-likeness (QED) is 0.0517. The standard InChI is InChI=1S/C34H57N6O13P/c1-6-39-20-36-18-24(39)15-23(33(46)38-27(19-41)30(43)17-25(32(35)45)22(4)53-54(48,49)50)16-29(42)26(14-21(2)3)37-34(47)28-8-7-10-40(28)31(44)9-11-52-13-12-51-5/h18,20-23,25-28,41H,6-17,19H2,1-5H3,(H2,35,45)(H,37,47)(H,38,46)(H2,48,49,50)/t22-,23-,25+,26+,27+,28+/m1/s1. The molecule has 0 aliphatic carbocycles. The number of nitrogens with zero attached hydrogens (tertiary/aromatic N) is 3. The van der Waals surface area contributed by atoms with Gasteiger partial charge in [-0.25, -0.2) is 9.55 Å². The molecule has 2 heterocycles. The Bertz CT molecular complexity index is 1470. The lowest BCUT2D eigenvalue weighted by atomic mass is 9.89. The van der Waals surface area contributed by atoms with E-state index in [4.69, 9.17) is 25.0 Å². The molecule has 0 saturated carbocycles. The molecule has 6 atom stereocenters. The largest absolute Gasteiger partial charge is 0.469 e. The lowest BCUT2D eigenvalue weighted by Gasteiger charge is -2.28. The Kier molecular flexibility index (Phi) is 19.6. The number of primary amides is 1. The number of hydrogen-bond donors (Lipinski definition) is 6. The third kappa shape index (κ3) is 15.3. The number of aliphatic hydroxyl groups is 1. The molecule has 1 aromatic rings. The zero-order valence-electron chi connectivity index (χ0n) is 31.7. The summed E-state index contributed by atoms with van der Waals surface area (Å²) in [5.41, 5.74) is 5.97. The van der Waals surface area contributed by atoms with Crippen LogP contribution < -0.4 is 16.4 Å². The SMILES string of the molecule is CCn1cncc1C[C@H](CC(=O)[C@H](CC(C)C)NC(=O)[C@@H]1CCCN1C(=O)CCOCCOC)C(=O)N[C@@H](CO)C(=O)C[C@H](C(N)=O)[C@@H](C)OP(=O)(O)O. The number of ketones is 2. The summed E-state index contributed by atoms with van der Waals surface area (Å²) in [4.78, 5) is 104. The highest BCUT2D eigenvalue weighted by atomic mass is 31.2. The number of phosphoric acid groups is 1. The lowest BCUT2D eigenvalue weighted by molar-refractivity contribution is -0.140. The van der Waals surface area contributed by atoms with Crippen molar-refractivity contribution in [3.63, 3.8) is 0 Å². The number of hydrogen-bond acceptors (Lipinski definition) is 12. The number of nitrogens with one attached hydrogen (secondary N) is 2. The number of rotatable bonds is 26. The molecule has 54 heavy (non-hydrogen) atoms. The van der Waals surface area contributed by atoms with E-state index < -0.39 is 86.2 Å². The van der Waals surface area contributed by atoms with Gasteiger partial charge in [0.25, 0.3) is 0 Å². The van der Waals surface area contributed by atoms with E-state index in [9.17, 15) is 38.4 Å². The molecule has 306 valence electrons. The van der Waals surface area contributed by atoms with Crippen molar-refractivity contribution in [2.24, 2.45) is 23.5 Å². The number of ether oxygens (including phenoxy) is 2. The van der Waals surface area contributed by atoms with E-state index in [2.05, 4.69) is 20.1 Å². The van der Waals surface area contributed by atoms with Gasteiger partial charge in [0, 0.05) is 51.4 Å². The van der Waals surface area contributed by atoms with Crippen LogP contribution in [-0.2, 0) is 60.3 Å². The normalized spacial score (nSPS) is 17.4. The Labute approximate surface area is 315 Å². The zero-order valence-corrected chi connectivity index (χ0v) is 32.6. The maximum absolute atomic E-state index is 14.0. The topological polar surface area (TPSA) is 279 Å². The van der Waals surface area contributed by atoms with Gasteiger partial charge in [-0.05, 0) is 39.0 Å². The summed E-state index contributed by atoms with van der Waals surface area (Å²) in [5, 5.41) is 15.4. The third-order valence-electron chi connectivity index (χ3n) is 9.14. The molecule has 0 radical (unpaired) electrons. The van der Waals surface area contributed by atoms with Crippen LogP contribution in [-0.4, -0.2) is 129 Å². The highest BCUT2D eigenvalue weighted by Gasteiger charge is 2.38. The molecule has 0 spiro atoms. The number of amides is 4. The molecule has 7 N–H and O–H groups in total. The highest BCUT2D eigenvalue weighted by molar-refractivity contribution is 7.46. The molecular weight excluding hydrogens is 731 g/mol. The van der Waals surface area contributed by atoms with Crippen LogP contribution in [0.1, 0.15) is 71.9 Å². The summed E-state index contributed by atoms with van der Waals surface area (Å²) in [7, 11) is -3.51. The van der Waals surface area contributed by atoms with Crippen LogP contribution in [0.25, 0.3) is 0 Å². The molecule has 4 amide bonds. The maximum atomic E-state index is 14.0. The molecule has 1 aliphatic rings. The molecule has 0 aromatic carbocycles. The van der Waals surface area contributed by atoms with E-state index in [-0.39, 0.29) is 44.1 Å². The predicted molar refractivity (Wildman–Crippen MR) is 192 cm³/mol. The molecule has 19 nitrogen and oxygen atoms in total.